The number of cyclic esters (lactones) is 1. The largest absolute Gasteiger partial charge is 0.459 e. The summed E-state index contributed by atoms with van der Waals surface area (Å²) in [6.45, 7) is 23.2. The van der Waals surface area contributed by atoms with Gasteiger partial charge in [0.2, 0.25) is 11.8 Å². The van der Waals surface area contributed by atoms with Gasteiger partial charge in [0.15, 0.2) is 12.6 Å². The second-order valence-electron chi connectivity index (χ2n) is 19.4. The van der Waals surface area contributed by atoms with Gasteiger partial charge in [0.05, 0.1) is 47.6 Å². The lowest BCUT2D eigenvalue weighted by Gasteiger charge is -2.49. The van der Waals surface area contributed by atoms with E-state index in [1.165, 1.54) is 26.0 Å². The summed E-state index contributed by atoms with van der Waals surface area (Å²) in [5, 5.41) is 61.8. The van der Waals surface area contributed by atoms with Crippen molar-refractivity contribution in [3.05, 3.63) is 19.1 Å². The van der Waals surface area contributed by atoms with Crippen LogP contribution in [0.3, 0.4) is 0 Å². The van der Waals surface area contributed by atoms with Gasteiger partial charge < -0.3 is 76.0 Å². The Hall–Kier alpha value is -2.29. The summed E-state index contributed by atoms with van der Waals surface area (Å²) in [5.41, 5.74) is -4.66. The zero-order valence-corrected chi connectivity index (χ0v) is 40.4. The number of nitrogens with one attached hydrogen (secondary N) is 1. The van der Waals surface area contributed by atoms with E-state index in [1.807, 2.05) is 24.8 Å². The number of esters is 1. The highest BCUT2D eigenvalue weighted by Gasteiger charge is 2.53. The smallest absolute Gasteiger partial charge is 0.311 e. The molecule has 2 amide bonds. The number of carbonyl (C=O) groups excluding carboxylic acids is 3. The first-order valence-corrected chi connectivity index (χ1v) is 22.8. The molecule has 17 nitrogen and oxygen atoms in total. The maximum Gasteiger partial charge on any atom is 0.311 e. The zero-order chi connectivity index (χ0) is 47.9. The maximum absolute atomic E-state index is 14.4. The van der Waals surface area contributed by atoms with Crippen LogP contribution >= 0.6 is 0 Å². The molecule has 0 aromatic rings. The number of hydrogen-bond acceptors (Lipinski definition) is 15. The molecule has 19 atom stereocenters. The van der Waals surface area contributed by atoms with Crippen molar-refractivity contribution >= 4 is 17.8 Å². The van der Waals surface area contributed by atoms with Crippen molar-refractivity contribution in [3.8, 4) is 0 Å². The van der Waals surface area contributed by atoms with Crippen molar-refractivity contribution in [2.75, 3.05) is 27.7 Å². The summed E-state index contributed by atoms with van der Waals surface area (Å²) in [5.74, 6) is -3.92. The lowest BCUT2D eigenvalue weighted by atomic mass is 9.77. The van der Waals surface area contributed by atoms with Crippen molar-refractivity contribution < 1.29 is 68.3 Å². The van der Waals surface area contributed by atoms with Gasteiger partial charge in [0.1, 0.15) is 30.0 Å². The molecule has 3 heterocycles. The summed E-state index contributed by atoms with van der Waals surface area (Å²) in [6, 6.07) is -2.60. The minimum Gasteiger partial charge on any atom is -0.459 e. The molecule has 0 aromatic carbocycles. The number of nitrogens with zero attached hydrogens (tertiary/aromatic N) is 2. The predicted molar refractivity (Wildman–Crippen MR) is 235 cm³/mol. The van der Waals surface area contributed by atoms with Gasteiger partial charge in [0, 0.05) is 45.5 Å². The summed E-state index contributed by atoms with van der Waals surface area (Å²) in [7, 11) is 4.79. The average molecular weight is 901 g/mol. The lowest BCUT2D eigenvalue weighted by Crippen LogP contribution is -2.62. The first-order chi connectivity index (χ1) is 29.2. The van der Waals surface area contributed by atoms with Crippen LogP contribution in [0.1, 0.15) is 115 Å². The van der Waals surface area contributed by atoms with Gasteiger partial charge in [-0.15, -0.1) is 0 Å². The molecule has 17 heteroatoms. The summed E-state index contributed by atoms with van der Waals surface area (Å²) in [4.78, 5) is 43.8. The molecule has 0 aromatic heterocycles. The molecule has 0 bridgehead atoms. The highest BCUT2D eigenvalue weighted by molar-refractivity contribution is 5.88. The average Bonchev–Trinajstić information content (AvgIpc) is 3.21. The number of methoxy groups -OCH3 is 1. The number of likely N-dealkylation sites (N-methyl/N-ethyl adjacent to an activating group) is 2. The molecule has 3 saturated heterocycles. The second kappa shape index (κ2) is 22.9. The standard InChI is InChI=1S/C46H82N3O14/c1-16-18-19-20-34(50)47-29(7)41(54)49(14)32-21-26(4)59-43(36(32)51)63-40-27(5)37(62-35-23-45(11,58-15)39(53)31(9)60-35)28(6)42(55)61-33(17-2)46(12,57)38(52)30(8)48(13)24-25(3)22-44(40,10)56/h18-19,25-33,35-40,43,51-53,56-57H,7,16-17,20-24H2,1-6,8-15H3,(H,47,50)/q-1/b19-18-/t25-,26-,27+,28-,29?,30-,31+,32+,33-,35+,36-,37+,38-,39+,40-,43+,44-,45-,46-/m1/s1. The van der Waals surface area contributed by atoms with E-state index in [1.54, 1.807) is 68.5 Å². The van der Waals surface area contributed by atoms with E-state index in [0.717, 1.165) is 6.42 Å². The van der Waals surface area contributed by atoms with Crippen molar-refractivity contribution in [2.24, 2.45) is 17.8 Å². The molecule has 6 N–H and O–H groups in total. The number of aliphatic hydroxyl groups is 5. The van der Waals surface area contributed by atoms with Crippen molar-refractivity contribution in [2.45, 2.75) is 211 Å². The molecule has 0 saturated carbocycles. The topological polar surface area (TPSA) is 226 Å². The van der Waals surface area contributed by atoms with E-state index in [-0.39, 0.29) is 43.9 Å². The van der Waals surface area contributed by atoms with Gasteiger partial charge in [-0.05, 0) is 93.2 Å². The van der Waals surface area contributed by atoms with Crippen LogP contribution in [0.25, 0.3) is 0 Å². The van der Waals surface area contributed by atoms with Crippen molar-refractivity contribution in [1.29, 1.82) is 0 Å². The van der Waals surface area contributed by atoms with Crippen molar-refractivity contribution in [1.82, 2.24) is 15.1 Å². The summed E-state index contributed by atoms with van der Waals surface area (Å²) < 4.78 is 37.7. The van der Waals surface area contributed by atoms with Gasteiger partial charge in [-0.2, -0.15) is 0 Å². The van der Waals surface area contributed by atoms with Crippen LogP contribution in [0.2, 0.25) is 0 Å². The highest BCUT2D eigenvalue weighted by Crippen LogP contribution is 2.40. The maximum atomic E-state index is 14.4. The number of ether oxygens (including phenoxy) is 6. The van der Waals surface area contributed by atoms with E-state index in [9.17, 15) is 39.9 Å². The first-order valence-electron chi connectivity index (χ1n) is 22.8. The number of amides is 2. The van der Waals surface area contributed by atoms with Gasteiger partial charge in [-0.3, -0.25) is 14.4 Å². The fraction of sp³-hybridized carbons (Fsp3) is 0.870. The minimum atomic E-state index is -1.86. The summed E-state index contributed by atoms with van der Waals surface area (Å²) in [6.07, 6.45) is -6.02. The van der Waals surface area contributed by atoms with Crippen LogP contribution in [0.4, 0.5) is 0 Å². The van der Waals surface area contributed by atoms with Gasteiger partial charge in [0.25, 0.3) is 0 Å². The molecule has 3 aliphatic heterocycles. The molecule has 1 unspecified atom stereocenters. The molecule has 3 aliphatic rings. The van der Waals surface area contributed by atoms with Crippen LogP contribution in [-0.4, -0.2) is 177 Å². The fourth-order valence-corrected chi connectivity index (χ4v) is 9.69. The lowest BCUT2D eigenvalue weighted by molar-refractivity contribution is -0.317. The van der Waals surface area contributed by atoms with Crippen LogP contribution in [0.15, 0.2) is 12.2 Å². The Labute approximate surface area is 376 Å². The molecule has 3 rings (SSSR count). The first kappa shape index (κ1) is 55.0. The zero-order valence-electron chi connectivity index (χ0n) is 40.4. The number of allylic oxidation sites excluding steroid dienone is 1. The van der Waals surface area contributed by atoms with Crippen molar-refractivity contribution in [3.63, 3.8) is 0 Å². The minimum absolute atomic E-state index is 0.0643. The molecular weight excluding hydrogens is 819 g/mol. The molecule has 0 aliphatic carbocycles. The third kappa shape index (κ3) is 13.4. The van der Waals surface area contributed by atoms with Crippen LogP contribution in [-0.2, 0) is 42.8 Å². The third-order valence-corrected chi connectivity index (χ3v) is 13.7. The molecule has 366 valence electrons. The van der Waals surface area contributed by atoms with Gasteiger partial charge >= 0.3 is 5.97 Å². The Morgan fingerprint density at radius 3 is 2.22 bits per heavy atom. The Balaban J connectivity index is 2.13. The SMILES string of the molecule is [CH2-]C(NC(=O)C/C=C\CC)C(=O)N(C)[C@H]1C[C@@H](C)O[C@@H](O[C@@H]2[C@@H](C)[C@H](O[C@H]3C[C@@](C)(OC)[C@@H](O)[C@H](C)O3)[C@@H](C)C(=O)O[C@H](CC)[C@@](C)(O)[C@H](O)[C@@H](C)N(C)C[C@H](C)C[C@@]2(C)O)[C@@H]1O. The Bertz CT molecular complexity index is 1520. The van der Waals surface area contributed by atoms with E-state index < -0.39 is 120 Å². The predicted octanol–water partition coefficient (Wildman–Crippen LogP) is 2.47. The number of carbonyl (C=O) groups is 3. The third-order valence-electron chi connectivity index (χ3n) is 13.7. The van der Waals surface area contributed by atoms with E-state index in [2.05, 4.69) is 12.2 Å². The van der Waals surface area contributed by atoms with E-state index in [4.69, 9.17) is 28.4 Å². The van der Waals surface area contributed by atoms with E-state index >= 15 is 0 Å². The van der Waals surface area contributed by atoms with Gasteiger partial charge in [-0.1, -0.05) is 39.8 Å². The molecule has 0 radical (unpaired) electrons. The van der Waals surface area contributed by atoms with Gasteiger partial charge in [-0.25, -0.2) is 0 Å². The van der Waals surface area contributed by atoms with Crippen LogP contribution < -0.4 is 5.32 Å². The second-order valence-corrected chi connectivity index (χ2v) is 19.4. The normalized spacial score (nSPS) is 43.4. The van der Waals surface area contributed by atoms with E-state index in [0.29, 0.717) is 6.54 Å². The highest BCUT2D eigenvalue weighted by atomic mass is 16.7. The molecule has 3 fully saturated rings. The monoisotopic (exact) mass is 901 g/mol. The van der Waals surface area contributed by atoms with Crippen LogP contribution in [0, 0.1) is 24.7 Å². The number of hydrogen-bond donors (Lipinski definition) is 6. The Morgan fingerprint density at radius 1 is 1.00 bits per heavy atom. The number of aliphatic hydroxyl groups excluding tert-OH is 3. The molecule has 63 heavy (non-hydrogen) atoms. The van der Waals surface area contributed by atoms with Crippen LogP contribution in [0.5, 0.6) is 0 Å². The molecular formula is C46H82N3O14-. The quantitative estimate of drug-likeness (QED) is 0.0941. The Kier molecular flexibility index (Phi) is 20.0. The fourth-order valence-electron chi connectivity index (χ4n) is 9.69. The molecule has 0 spiro atoms. The number of rotatable bonds is 12. The summed E-state index contributed by atoms with van der Waals surface area (Å²) >= 11 is 0. The Morgan fingerprint density at radius 2 is 1.63 bits per heavy atom.